The van der Waals surface area contributed by atoms with Gasteiger partial charge in [0.05, 0.1) is 5.69 Å². The zero-order chi connectivity index (χ0) is 16.1. The van der Waals surface area contributed by atoms with Gasteiger partial charge in [0.25, 0.3) is 0 Å². The van der Waals surface area contributed by atoms with Crippen LogP contribution in [0.25, 0.3) is 0 Å². The van der Waals surface area contributed by atoms with E-state index in [-0.39, 0.29) is 0 Å². The summed E-state index contributed by atoms with van der Waals surface area (Å²) in [4.78, 5) is 18.4. The molecule has 0 bridgehead atoms. The summed E-state index contributed by atoms with van der Waals surface area (Å²) in [5.41, 5.74) is 2.29. The molecule has 6 nitrogen and oxygen atoms in total. The second-order valence-corrected chi connectivity index (χ2v) is 7.55. The molecule has 2 aromatic rings. The minimum Gasteiger partial charge on any atom is -0.449 e. The van der Waals surface area contributed by atoms with Crippen LogP contribution in [0.15, 0.2) is 23.1 Å². The molecule has 4 heterocycles. The summed E-state index contributed by atoms with van der Waals surface area (Å²) in [6.07, 6.45) is 6.11. The van der Waals surface area contributed by atoms with Crippen LogP contribution in [0.1, 0.15) is 36.0 Å². The third-order valence-corrected chi connectivity index (χ3v) is 5.61. The Balaban J connectivity index is 1.22. The Kier molecular flexibility index (Phi) is 3.33. The van der Waals surface area contributed by atoms with Crippen molar-refractivity contribution in [2.45, 2.75) is 32.2 Å². The lowest BCUT2D eigenvalue weighted by Crippen LogP contribution is -2.29. The molecule has 2 unspecified atom stereocenters. The second-order valence-electron chi connectivity index (χ2n) is 7.55. The van der Waals surface area contributed by atoms with E-state index in [1.165, 1.54) is 18.5 Å². The van der Waals surface area contributed by atoms with Crippen LogP contribution in [0.2, 0.25) is 0 Å². The average Bonchev–Trinajstić information content (AvgIpc) is 3.09. The molecule has 0 aromatic carbocycles. The molecule has 3 aliphatic rings. The Morgan fingerprint density at radius 3 is 2.58 bits per heavy atom. The van der Waals surface area contributed by atoms with Gasteiger partial charge in [-0.15, -0.1) is 0 Å². The van der Waals surface area contributed by atoms with Crippen molar-refractivity contribution in [2.75, 3.05) is 31.1 Å². The molecular weight excluding hydrogens is 302 g/mol. The summed E-state index contributed by atoms with van der Waals surface area (Å²) in [5, 5.41) is 0. The fourth-order valence-corrected chi connectivity index (χ4v) is 4.25. The lowest BCUT2D eigenvalue weighted by Gasteiger charge is -2.22. The summed E-state index contributed by atoms with van der Waals surface area (Å²) < 4.78 is 5.32. The van der Waals surface area contributed by atoms with E-state index in [2.05, 4.69) is 30.8 Å². The predicted octanol–water partition coefficient (Wildman–Crippen LogP) is 2.22. The molecule has 2 aromatic heterocycles. The SMILES string of the molecule is Cc1nc(CN2CC3CN(c4cc(C5CC5)ncn4)CC3C2)co1. The highest BCUT2D eigenvalue weighted by atomic mass is 16.3. The normalized spacial score (nSPS) is 27.0. The van der Waals surface area contributed by atoms with E-state index in [9.17, 15) is 0 Å². The summed E-state index contributed by atoms with van der Waals surface area (Å²) in [6, 6.07) is 2.22. The Labute approximate surface area is 141 Å². The largest absolute Gasteiger partial charge is 0.449 e. The molecule has 1 aliphatic carbocycles. The monoisotopic (exact) mass is 325 g/mol. The van der Waals surface area contributed by atoms with Crippen LogP contribution in [-0.4, -0.2) is 46.0 Å². The van der Waals surface area contributed by atoms with Crippen LogP contribution in [0, 0.1) is 18.8 Å². The number of rotatable bonds is 4. The van der Waals surface area contributed by atoms with Crippen LogP contribution < -0.4 is 4.90 Å². The molecular formula is C18H23N5O. The first kappa shape index (κ1) is 14.4. The van der Waals surface area contributed by atoms with E-state index >= 15 is 0 Å². The molecule has 126 valence electrons. The lowest BCUT2D eigenvalue weighted by molar-refractivity contribution is 0.305. The van der Waals surface area contributed by atoms with E-state index in [4.69, 9.17) is 4.42 Å². The van der Waals surface area contributed by atoms with Crippen molar-refractivity contribution < 1.29 is 4.42 Å². The van der Waals surface area contributed by atoms with Crippen molar-refractivity contribution in [3.8, 4) is 0 Å². The summed E-state index contributed by atoms with van der Waals surface area (Å²) in [7, 11) is 0. The van der Waals surface area contributed by atoms with Crippen LogP contribution in [0.4, 0.5) is 5.82 Å². The number of hydrogen-bond donors (Lipinski definition) is 0. The number of aromatic nitrogens is 3. The van der Waals surface area contributed by atoms with Gasteiger partial charge in [0.1, 0.15) is 18.4 Å². The van der Waals surface area contributed by atoms with Crippen molar-refractivity contribution in [1.82, 2.24) is 19.9 Å². The molecule has 1 saturated carbocycles. The maximum Gasteiger partial charge on any atom is 0.191 e. The number of nitrogens with zero attached hydrogens (tertiary/aromatic N) is 5. The van der Waals surface area contributed by atoms with E-state index in [1.54, 1.807) is 12.6 Å². The minimum atomic E-state index is 0.690. The van der Waals surface area contributed by atoms with E-state index in [0.29, 0.717) is 5.92 Å². The van der Waals surface area contributed by atoms with Crippen molar-refractivity contribution in [3.05, 3.63) is 35.9 Å². The predicted molar refractivity (Wildman–Crippen MR) is 89.7 cm³/mol. The van der Waals surface area contributed by atoms with E-state index in [1.807, 2.05) is 6.92 Å². The standard InChI is InChI=1S/C18H23N5O/c1-12-21-16(10-24-12)9-22-5-14-7-23(8-15(14)6-22)18-4-17(13-2-3-13)19-11-20-18/h4,10-11,13-15H,2-3,5-9H2,1H3. The van der Waals surface area contributed by atoms with Crippen LogP contribution in [0.5, 0.6) is 0 Å². The first-order valence-electron chi connectivity index (χ1n) is 8.95. The van der Waals surface area contributed by atoms with Crippen LogP contribution in [-0.2, 0) is 6.54 Å². The second kappa shape index (κ2) is 5.55. The third kappa shape index (κ3) is 2.69. The number of anilines is 1. The Hall–Kier alpha value is -1.95. The molecule has 3 fully saturated rings. The van der Waals surface area contributed by atoms with Crippen molar-refractivity contribution in [1.29, 1.82) is 0 Å². The van der Waals surface area contributed by atoms with Gasteiger partial charge < -0.3 is 9.32 Å². The van der Waals surface area contributed by atoms with Gasteiger partial charge in [0.15, 0.2) is 5.89 Å². The quantitative estimate of drug-likeness (QED) is 0.859. The number of fused-ring (bicyclic) bond motifs is 1. The lowest BCUT2D eigenvalue weighted by atomic mass is 10.0. The first-order chi connectivity index (χ1) is 11.7. The van der Waals surface area contributed by atoms with Gasteiger partial charge in [0.2, 0.25) is 0 Å². The summed E-state index contributed by atoms with van der Waals surface area (Å²) in [5.74, 6) is 4.04. The van der Waals surface area contributed by atoms with Crippen molar-refractivity contribution in [3.63, 3.8) is 0 Å². The van der Waals surface area contributed by atoms with Crippen molar-refractivity contribution >= 4 is 5.82 Å². The number of likely N-dealkylation sites (tertiary alicyclic amines) is 1. The molecule has 2 aliphatic heterocycles. The molecule has 0 amide bonds. The summed E-state index contributed by atoms with van der Waals surface area (Å²) >= 11 is 0. The molecule has 6 heteroatoms. The van der Waals surface area contributed by atoms with Gasteiger partial charge in [-0.2, -0.15) is 0 Å². The average molecular weight is 325 g/mol. The van der Waals surface area contributed by atoms with Crippen LogP contribution in [0.3, 0.4) is 0 Å². The summed E-state index contributed by atoms with van der Waals surface area (Å²) in [6.45, 7) is 7.32. The smallest absolute Gasteiger partial charge is 0.191 e. The molecule has 0 spiro atoms. The Morgan fingerprint density at radius 1 is 1.12 bits per heavy atom. The Morgan fingerprint density at radius 2 is 1.92 bits per heavy atom. The van der Waals surface area contributed by atoms with Crippen molar-refractivity contribution in [2.24, 2.45) is 11.8 Å². The van der Waals surface area contributed by atoms with Gasteiger partial charge in [-0.3, -0.25) is 4.90 Å². The van der Waals surface area contributed by atoms with Gasteiger partial charge in [-0.1, -0.05) is 0 Å². The van der Waals surface area contributed by atoms with Crippen LogP contribution >= 0.6 is 0 Å². The molecule has 2 saturated heterocycles. The minimum absolute atomic E-state index is 0.690. The first-order valence-corrected chi connectivity index (χ1v) is 8.95. The fourth-order valence-electron chi connectivity index (χ4n) is 4.25. The maximum atomic E-state index is 5.32. The number of oxazole rings is 1. The zero-order valence-electron chi connectivity index (χ0n) is 14.1. The van der Waals surface area contributed by atoms with Gasteiger partial charge in [-0.05, 0) is 24.7 Å². The maximum absolute atomic E-state index is 5.32. The third-order valence-electron chi connectivity index (χ3n) is 5.61. The highest BCUT2D eigenvalue weighted by molar-refractivity contribution is 5.42. The molecule has 24 heavy (non-hydrogen) atoms. The molecule has 0 radical (unpaired) electrons. The van der Waals surface area contributed by atoms with Gasteiger partial charge in [-0.25, -0.2) is 15.0 Å². The molecule has 5 rings (SSSR count). The number of hydrogen-bond acceptors (Lipinski definition) is 6. The fraction of sp³-hybridized carbons (Fsp3) is 0.611. The van der Waals surface area contributed by atoms with E-state index < -0.39 is 0 Å². The highest BCUT2D eigenvalue weighted by Crippen LogP contribution is 2.40. The molecule has 2 atom stereocenters. The Bertz CT molecular complexity index is 727. The highest BCUT2D eigenvalue weighted by Gasteiger charge is 2.40. The number of aryl methyl sites for hydroxylation is 1. The van der Waals surface area contributed by atoms with Gasteiger partial charge in [0, 0.05) is 57.3 Å². The van der Waals surface area contributed by atoms with E-state index in [0.717, 1.165) is 62.0 Å². The zero-order valence-corrected chi connectivity index (χ0v) is 14.1. The molecule has 0 N–H and O–H groups in total. The van der Waals surface area contributed by atoms with Gasteiger partial charge >= 0.3 is 0 Å². The topological polar surface area (TPSA) is 58.3 Å².